The van der Waals surface area contributed by atoms with Crippen molar-refractivity contribution >= 4 is 27.0 Å². The van der Waals surface area contributed by atoms with Gasteiger partial charge in [-0.15, -0.1) is 0 Å². The van der Waals surface area contributed by atoms with E-state index in [9.17, 15) is 13.2 Å². The molecule has 0 N–H and O–H groups in total. The van der Waals surface area contributed by atoms with Gasteiger partial charge in [-0.3, -0.25) is 14.2 Å². The van der Waals surface area contributed by atoms with Gasteiger partial charge in [-0.1, -0.05) is 17.7 Å². The van der Waals surface area contributed by atoms with E-state index in [1.54, 1.807) is 38.5 Å². The number of carbonyl (C=O) groups is 1. The smallest absolute Gasteiger partial charge is 0.254 e. The van der Waals surface area contributed by atoms with E-state index >= 15 is 0 Å². The van der Waals surface area contributed by atoms with Crippen molar-refractivity contribution in [3.8, 4) is 11.3 Å². The summed E-state index contributed by atoms with van der Waals surface area (Å²) in [7, 11) is 0.0834. The minimum atomic E-state index is -3.62. The maximum absolute atomic E-state index is 13.9. The first-order valence-corrected chi connectivity index (χ1v) is 13.6. The van der Waals surface area contributed by atoms with Crippen molar-refractivity contribution in [1.82, 2.24) is 33.8 Å². The summed E-state index contributed by atoms with van der Waals surface area (Å²) in [5, 5.41) is 9.75. The van der Waals surface area contributed by atoms with E-state index in [1.807, 2.05) is 47.9 Å². The van der Waals surface area contributed by atoms with Crippen molar-refractivity contribution in [2.24, 2.45) is 14.1 Å². The fourth-order valence-corrected chi connectivity index (χ4v) is 6.47. The number of fused-ring (bicyclic) bond motifs is 1. The largest absolute Gasteiger partial charge is 0.336 e. The first-order valence-electron chi connectivity index (χ1n) is 12.2. The van der Waals surface area contributed by atoms with Crippen LogP contribution in [0.2, 0.25) is 0 Å². The third kappa shape index (κ3) is 4.21. The molecule has 1 saturated heterocycles. The standard InChI is InChI=1S/C26H31N7O3S/c1-16-7-9-20(10-8-16)37(35,36)33-13-11-32(12-14-33)26(34)21-15-22(23-17(2)28-30(5)19(23)4)27-25-24(21)18(3)29-31(25)6/h7-10,15H,11-14H2,1-6H3. The number of hydrogen-bond donors (Lipinski definition) is 0. The predicted molar refractivity (Wildman–Crippen MR) is 141 cm³/mol. The van der Waals surface area contributed by atoms with Crippen LogP contribution in [0.25, 0.3) is 22.3 Å². The lowest BCUT2D eigenvalue weighted by molar-refractivity contribution is 0.0700. The third-order valence-electron chi connectivity index (χ3n) is 7.15. The van der Waals surface area contributed by atoms with Crippen LogP contribution in [0.15, 0.2) is 35.2 Å². The molecule has 10 nitrogen and oxygen atoms in total. The Hall–Kier alpha value is -3.57. The van der Waals surface area contributed by atoms with Crippen LogP contribution in [-0.4, -0.2) is 74.3 Å². The number of aryl methyl sites for hydroxylation is 5. The molecule has 194 valence electrons. The highest BCUT2D eigenvalue weighted by molar-refractivity contribution is 7.89. The lowest BCUT2D eigenvalue weighted by Crippen LogP contribution is -2.50. The predicted octanol–water partition coefficient (Wildman–Crippen LogP) is 2.75. The fraction of sp³-hybridized carbons (Fsp3) is 0.385. The average molecular weight is 522 g/mol. The van der Waals surface area contributed by atoms with Crippen molar-refractivity contribution in [2.75, 3.05) is 26.2 Å². The molecule has 0 unspecified atom stereocenters. The summed E-state index contributed by atoms with van der Waals surface area (Å²) < 4.78 is 31.2. The van der Waals surface area contributed by atoms with Gasteiger partial charge < -0.3 is 4.90 Å². The van der Waals surface area contributed by atoms with Gasteiger partial charge in [0.25, 0.3) is 5.91 Å². The Morgan fingerprint density at radius 2 is 1.49 bits per heavy atom. The lowest BCUT2D eigenvalue weighted by Gasteiger charge is -2.34. The molecule has 4 heterocycles. The van der Waals surface area contributed by atoms with E-state index in [0.717, 1.165) is 28.2 Å². The van der Waals surface area contributed by atoms with Gasteiger partial charge in [-0.2, -0.15) is 14.5 Å². The van der Waals surface area contributed by atoms with E-state index in [-0.39, 0.29) is 23.9 Å². The zero-order chi connectivity index (χ0) is 26.6. The second-order valence-electron chi connectivity index (χ2n) is 9.64. The summed E-state index contributed by atoms with van der Waals surface area (Å²) in [5.41, 5.74) is 6.22. The molecule has 1 aromatic carbocycles. The Bertz CT molecular complexity index is 1630. The van der Waals surface area contributed by atoms with Crippen molar-refractivity contribution < 1.29 is 13.2 Å². The van der Waals surface area contributed by atoms with Gasteiger partial charge in [-0.25, -0.2) is 13.4 Å². The molecule has 1 amide bonds. The van der Waals surface area contributed by atoms with Crippen LogP contribution >= 0.6 is 0 Å². The van der Waals surface area contributed by atoms with Crippen molar-refractivity contribution in [3.63, 3.8) is 0 Å². The Balaban J connectivity index is 1.47. The van der Waals surface area contributed by atoms with Gasteiger partial charge in [0.15, 0.2) is 5.65 Å². The topological polar surface area (TPSA) is 106 Å². The maximum atomic E-state index is 13.9. The Morgan fingerprint density at radius 3 is 2.08 bits per heavy atom. The quantitative estimate of drug-likeness (QED) is 0.409. The van der Waals surface area contributed by atoms with Crippen LogP contribution in [-0.2, 0) is 24.1 Å². The van der Waals surface area contributed by atoms with Crippen LogP contribution in [0.5, 0.6) is 0 Å². The normalized spacial score (nSPS) is 15.0. The molecule has 0 spiro atoms. The average Bonchev–Trinajstić information content (AvgIpc) is 3.30. The number of benzene rings is 1. The van der Waals surface area contributed by atoms with Crippen LogP contribution in [0.3, 0.4) is 0 Å². The number of nitrogens with zero attached hydrogens (tertiary/aromatic N) is 7. The number of rotatable bonds is 4. The molecule has 0 saturated carbocycles. The first kappa shape index (κ1) is 25.1. The summed E-state index contributed by atoms with van der Waals surface area (Å²) in [6.45, 7) is 8.76. The fourth-order valence-electron chi connectivity index (χ4n) is 5.05. The summed E-state index contributed by atoms with van der Waals surface area (Å²) in [6.07, 6.45) is 0. The Kier molecular flexibility index (Phi) is 6.15. The van der Waals surface area contributed by atoms with Crippen molar-refractivity contribution in [2.45, 2.75) is 32.6 Å². The monoisotopic (exact) mass is 521 g/mol. The molecule has 1 aliphatic rings. The van der Waals surface area contributed by atoms with Gasteiger partial charge in [-0.05, 0) is 45.9 Å². The summed E-state index contributed by atoms with van der Waals surface area (Å²) in [6, 6.07) is 8.67. The Morgan fingerprint density at radius 1 is 0.865 bits per heavy atom. The molecule has 11 heteroatoms. The summed E-state index contributed by atoms with van der Waals surface area (Å²) in [5.74, 6) is -0.156. The molecule has 1 aliphatic heterocycles. The van der Waals surface area contributed by atoms with Gasteiger partial charge >= 0.3 is 0 Å². The highest BCUT2D eigenvalue weighted by atomic mass is 32.2. The second kappa shape index (κ2) is 9.07. The van der Waals surface area contributed by atoms with Crippen LogP contribution < -0.4 is 0 Å². The van der Waals surface area contributed by atoms with Gasteiger partial charge in [0.2, 0.25) is 10.0 Å². The molecular weight excluding hydrogens is 490 g/mol. The van der Waals surface area contributed by atoms with E-state index in [1.165, 1.54) is 4.31 Å². The molecule has 37 heavy (non-hydrogen) atoms. The molecule has 0 bridgehead atoms. The van der Waals surface area contributed by atoms with Crippen molar-refractivity contribution in [1.29, 1.82) is 0 Å². The second-order valence-corrected chi connectivity index (χ2v) is 11.6. The maximum Gasteiger partial charge on any atom is 0.254 e. The number of pyridine rings is 1. The van der Waals surface area contributed by atoms with Gasteiger partial charge in [0, 0.05) is 51.5 Å². The molecule has 0 atom stereocenters. The number of piperazine rings is 1. The minimum Gasteiger partial charge on any atom is -0.336 e. The zero-order valence-electron chi connectivity index (χ0n) is 22.0. The van der Waals surface area contributed by atoms with Gasteiger partial charge in [0.05, 0.1) is 32.9 Å². The number of sulfonamides is 1. The Labute approximate surface area is 216 Å². The number of aromatic nitrogens is 5. The molecule has 3 aromatic heterocycles. The first-order chi connectivity index (χ1) is 17.5. The zero-order valence-corrected chi connectivity index (χ0v) is 22.8. The molecule has 0 aliphatic carbocycles. The molecular formula is C26H31N7O3S. The highest BCUT2D eigenvalue weighted by Gasteiger charge is 2.32. The highest BCUT2D eigenvalue weighted by Crippen LogP contribution is 2.31. The van der Waals surface area contributed by atoms with Crippen LogP contribution in [0.4, 0.5) is 0 Å². The molecule has 1 fully saturated rings. The number of amides is 1. The van der Waals surface area contributed by atoms with E-state index < -0.39 is 10.0 Å². The number of hydrogen-bond acceptors (Lipinski definition) is 6. The SMILES string of the molecule is Cc1ccc(S(=O)(=O)N2CCN(C(=O)c3cc(-c4c(C)nn(C)c4C)nc4c3c(C)nn4C)CC2)cc1. The van der Waals surface area contributed by atoms with Gasteiger partial charge in [0.1, 0.15) is 0 Å². The third-order valence-corrected chi connectivity index (χ3v) is 9.06. The minimum absolute atomic E-state index is 0.156. The van der Waals surface area contributed by atoms with E-state index in [2.05, 4.69) is 10.2 Å². The van der Waals surface area contributed by atoms with E-state index in [0.29, 0.717) is 35.4 Å². The molecule has 5 rings (SSSR count). The molecule has 4 aromatic rings. The number of carbonyl (C=O) groups excluding carboxylic acids is 1. The van der Waals surface area contributed by atoms with Crippen LogP contribution in [0, 0.1) is 27.7 Å². The van der Waals surface area contributed by atoms with E-state index in [4.69, 9.17) is 4.98 Å². The summed E-state index contributed by atoms with van der Waals surface area (Å²) >= 11 is 0. The van der Waals surface area contributed by atoms with Crippen LogP contribution in [0.1, 0.15) is 33.0 Å². The molecule has 0 radical (unpaired) electrons. The lowest BCUT2D eigenvalue weighted by atomic mass is 10.0. The van der Waals surface area contributed by atoms with Crippen molar-refractivity contribution in [3.05, 3.63) is 58.5 Å². The summed E-state index contributed by atoms with van der Waals surface area (Å²) in [4.78, 5) is 20.7.